The molecule has 0 saturated carbocycles. The summed E-state index contributed by atoms with van der Waals surface area (Å²) in [6.45, 7) is 3.41. The average molecular weight is 238 g/mol. The number of carboxylic acids is 1. The van der Waals surface area contributed by atoms with E-state index in [4.69, 9.17) is 5.11 Å². The van der Waals surface area contributed by atoms with Crippen molar-refractivity contribution in [1.29, 1.82) is 0 Å². The van der Waals surface area contributed by atoms with Gasteiger partial charge in [-0.2, -0.15) is 0 Å². The van der Waals surface area contributed by atoms with Crippen molar-refractivity contribution in [3.05, 3.63) is 0 Å². The van der Waals surface area contributed by atoms with Crippen LogP contribution in [0, 0.1) is 0 Å². The highest BCUT2D eigenvalue weighted by atomic mass is 32.2. The SMILES string of the molecule is CCNC(=O)C(C)NS(=O)(=O)CC(=O)O. The molecule has 0 aliphatic rings. The van der Waals surface area contributed by atoms with E-state index in [9.17, 15) is 18.0 Å². The zero-order chi connectivity index (χ0) is 12.1. The van der Waals surface area contributed by atoms with Crippen molar-refractivity contribution >= 4 is 21.9 Å². The van der Waals surface area contributed by atoms with E-state index in [0.717, 1.165) is 0 Å². The Bertz CT molecular complexity index is 337. The van der Waals surface area contributed by atoms with Crippen LogP contribution in [0.4, 0.5) is 0 Å². The number of hydrogen-bond donors (Lipinski definition) is 3. The Morgan fingerprint density at radius 2 is 1.93 bits per heavy atom. The van der Waals surface area contributed by atoms with Gasteiger partial charge in [0, 0.05) is 6.54 Å². The average Bonchev–Trinajstić information content (AvgIpc) is 2.00. The first-order valence-corrected chi connectivity index (χ1v) is 5.93. The Morgan fingerprint density at radius 3 is 2.33 bits per heavy atom. The number of carbonyl (C=O) groups excluding carboxylic acids is 1. The van der Waals surface area contributed by atoms with Gasteiger partial charge in [-0.3, -0.25) is 9.59 Å². The van der Waals surface area contributed by atoms with E-state index in [-0.39, 0.29) is 0 Å². The normalized spacial score (nSPS) is 13.2. The molecular weight excluding hydrogens is 224 g/mol. The number of likely N-dealkylation sites (N-methyl/N-ethyl adjacent to an activating group) is 1. The molecule has 0 rings (SSSR count). The second kappa shape index (κ2) is 5.66. The molecule has 0 bridgehead atoms. The van der Waals surface area contributed by atoms with Crippen LogP contribution in [-0.4, -0.2) is 43.7 Å². The second-order valence-corrected chi connectivity index (χ2v) is 4.64. The third-order valence-electron chi connectivity index (χ3n) is 1.41. The van der Waals surface area contributed by atoms with Crippen LogP contribution in [0.25, 0.3) is 0 Å². The minimum atomic E-state index is -3.95. The molecule has 1 unspecified atom stereocenters. The van der Waals surface area contributed by atoms with Crippen molar-refractivity contribution in [1.82, 2.24) is 10.0 Å². The van der Waals surface area contributed by atoms with Crippen LogP contribution in [0.2, 0.25) is 0 Å². The van der Waals surface area contributed by atoms with Crippen LogP contribution >= 0.6 is 0 Å². The highest BCUT2D eigenvalue weighted by Crippen LogP contribution is 1.90. The fourth-order valence-corrected chi connectivity index (χ4v) is 1.91. The Labute approximate surface area is 87.9 Å². The van der Waals surface area contributed by atoms with Gasteiger partial charge in [0.1, 0.15) is 0 Å². The summed E-state index contributed by atoms with van der Waals surface area (Å²) in [6, 6.07) is -0.978. The first-order chi connectivity index (χ1) is 6.78. The van der Waals surface area contributed by atoms with Crippen LogP contribution < -0.4 is 10.0 Å². The lowest BCUT2D eigenvalue weighted by Crippen LogP contribution is -2.46. The van der Waals surface area contributed by atoms with Gasteiger partial charge < -0.3 is 10.4 Å². The molecule has 0 aliphatic heterocycles. The van der Waals surface area contributed by atoms with Crippen molar-refractivity contribution < 1.29 is 23.1 Å². The number of hydrogen-bond acceptors (Lipinski definition) is 4. The Morgan fingerprint density at radius 1 is 1.40 bits per heavy atom. The zero-order valence-corrected chi connectivity index (χ0v) is 9.30. The molecule has 88 valence electrons. The minimum Gasteiger partial charge on any atom is -0.480 e. The van der Waals surface area contributed by atoms with E-state index in [2.05, 4.69) is 5.32 Å². The first-order valence-electron chi connectivity index (χ1n) is 4.28. The fraction of sp³-hybridized carbons (Fsp3) is 0.714. The Hall–Kier alpha value is -1.15. The van der Waals surface area contributed by atoms with Crippen LogP contribution in [0.5, 0.6) is 0 Å². The molecule has 3 N–H and O–H groups in total. The molecule has 1 atom stereocenters. The van der Waals surface area contributed by atoms with Gasteiger partial charge >= 0.3 is 5.97 Å². The fourth-order valence-electron chi connectivity index (χ4n) is 0.854. The molecule has 0 heterocycles. The lowest BCUT2D eigenvalue weighted by Gasteiger charge is -2.12. The third-order valence-corrected chi connectivity index (χ3v) is 2.75. The summed E-state index contributed by atoms with van der Waals surface area (Å²) < 4.78 is 24.1. The molecule has 15 heavy (non-hydrogen) atoms. The maximum Gasteiger partial charge on any atom is 0.320 e. The molecule has 7 nitrogen and oxygen atoms in total. The van der Waals surface area contributed by atoms with E-state index >= 15 is 0 Å². The molecule has 8 heteroatoms. The van der Waals surface area contributed by atoms with Crippen molar-refractivity contribution in [2.45, 2.75) is 19.9 Å². The lowest BCUT2D eigenvalue weighted by molar-refractivity contribution is -0.134. The number of carboxylic acid groups (broad SMARTS) is 1. The van der Waals surface area contributed by atoms with Crippen molar-refractivity contribution in [2.75, 3.05) is 12.3 Å². The van der Waals surface area contributed by atoms with E-state index in [0.29, 0.717) is 6.54 Å². The summed E-state index contributed by atoms with van der Waals surface area (Å²) in [5, 5.41) is 10.7. The number of amides is 1. The highest BCUT2D eigenvalue weighted by molar-refractivity contribution is 7.90. The quantitative estimate of drug-likeness (QED) is 0.522. The maximum absolute atomic E-state index is 11.1. The summed E-state index contributed by atoms with van der Waals surface area (Å²) in [5.74, 6) is -3.01. The number of aliphatic carboxylic acids is 1. The number of nitrogens with one attached hydrogen (secondary N) is 2. The summed E-state index contributed by atoms with van der Waals surface area (Å²) >= 11 is 0. The number of sulfonamides is 1. The topological polar surface area (TPSA) is 113 Å². The molecule has 0 aromatic carbocycles. The molecule has 0 fully saturated rings. The van der Waals surface area contributed by atoms with Crippen LogP contribution in [0.15, 0.2) is 0 Å². The largest absolute Gasteiger partial charge is 0.480 e. The number of carbonyl (C=O) groups is 2. The smallest absolute Gasteiger partial charge is 0.320 e. The predicted molar refractivity (Wildman–Crippen MR) is 52.7 cm³/mol. The van der Waals surface area contributed by atoms with Crippen LogP contribution in [0.3, 0.4) is 0 Å². The zero-order valence-electron chi connectivity index (χ0n) is 8.48. The molecular formula is C7H14N2O5S. The summed E-state index contributed by atoms with van der Waals surface area (Å²) in [4.78, 5) is 21.3. The van der Waals surface area contributed by atoms with E-state index in [1.165, 1.54) is 6.92 Å². The molecule has 0 spiro atoms. The second-order valence-electron chi connectivity index (χ2n) is 2.89. The van der Waals surface area contributed by atoms with Crippen molar-refractivity contribution in [3.63, 3.8) is 0 Å². The van der Waals surface area contributed by atoms with Gasteiger partial charge in [0.05, 0.1) is 6.04 Å². The van der Waals surface area contributed by atoms with Crippen molar-refractivity contribution in [2.24, 2.45) is 0 Å². The van der Waals surface area contributed by atoms with Gasteiger partial charge in [-0.25, -0.2) is 13.1 Å². The van der Waals surface area contributed by atoms with Gasteiger partial charge in [-0.05, 0) is 13.8 Å². The van der Waals surface area contributed by atoms with Gasteiger partial charge in [0.15, 0.2) is 5.75 Å². The standard InChI is InChI=1S/C7H14N2O5S/c1-3-8-7(12)5(2)9-15(13,14)4-6(10)11/h5,9H,3-4H2,1-2H3,(H,8,12)(H,10,11). The Balaban J connectivity index is 4.34. The van der Waals surface area contributed by atoms with Gasteiger partial charge in [-0.15, -0.1) is 0 Å². The molecule has 0 aromatic rings. The van der Waals surface area contributed by atoms with Gasteiger partial charge in [0.25, 0.3) is 0 Å². The van der Waals surface area contributed by atoms with Crippen LogP contribution in [0.1, 0.15) is 13.8 Å². The highest BCUT2D eigenvalue weighted by Gasteiger charge is 2.21. The molecule has 0 saturated heterocycles. The summed E-state index contributed by atoms with van der Waals surface area (Å²) in [6.07, 6.45) is 0. The van der Waals surface area contributed by atoms with E-state index in [1.807, 2.05) is 4.72 Å². The summed E-state index contributed by atoms with van der Waals surface area (Å²) in [5.41, 5.74) is 0. The van der Waals surface area contributed by atoms with Gasteiger partial charge in [0.2, 0.25) is 15.9 Å². The monoisotopic (exact) mass is 238 g/mol. The minimum absolute atomic E-state index is 0.379. The van der Waals surface area contributed by atoms with E-state index < -0.39 is 33.7 Å². The first kappa shape index (κ1) is 13.8. The predicted octanol–water partition coefficient (Wildman–Crippen LogP) is -1.48. The molecule has 0 aromatic heterocycles. The third kappa shape index (κ3) is 6.02. The molecule has 0 aliphatic carbocycles. The maximum atomic E-state index is 11.1. The lowest BCUT2D eigenvalue weighted by atomic mass is 10.3. The van der Waals surface area contributed by atoms with Crippen molar-refractivity contribution in [3.8, 4) is 0 Å². The molecule has 0 radical (unpaired) electrons. The molecule has 1 amide bonds. The summed E-state index contributed by atoms with van der Waals surface area (Å²) in [7, 11) is -3.95. The Kier molecular flexibility index (Phi) is 5.23. The van der Waals surface area contributed by atoms with Crippen LogP contribution in [-0.2, 0) is 19.6 Å². The number of rotatable bonds is 6. The van der Waals surface area contributed by atoms with E-state index in [1.54, 1.807) is 6.92 Å². The van der Waals surface area contributed by atoms with Gasteiger partial charge in [-0.1, -0.05) is 0 Å².